The van der Waals surface area contributed by atoms with Crippen molar-refractivity contribution in [2.24, 2.45) is 11.7 Å². The third-order valence-electron chi connectivity index (χ3n) is 3.82. The molecule has 5 heteroatoms. The molecule has 1 saturated heterocycles. The summed E-state index contributed by atoms with van der Waals surface area (Å²) in [7, 11) is 0. The third-order valence-corrected chi connectivity index (χ3v) is 3.82. The Kier molecular flexibility index (Phi) is 7.94. The van der Waals surface area contributed by atoms with Crippen molar-refractivity contribution in [1.29, 1.82) is 0 Å². The highest BCUT2D eigenvalue weighted by atomic mass is 35.5. The fraction of sp³-hybridized carbons (Fsp3) is 0.929. The van der Waals surface area contributed by atoms with E-state index in [-0.39, 0.29) is 30.4 Å². The van der Waals surface area contributed by atoms with Crippen molar-refractivity contribution in [1.82, 2.24) is 9.80 Å². The summed E-state index contributed by atoms with van der Waals surface area (Å²) in [6, 6.07) is 0.826. The molecule has 1 amide bonds. The van der Waals surface area contributed by atoms with Gasteiger partial charge in [0.2, 0.25) is 5.91 Å². The summed E-state index contributed by atoms with van der Waals surface area (Å²) in [6.07, 6.45) is 0.998. The van der Waals surface area contributed by atoms with Crippen molar-refractivity contribution in [2.45, 2.75) is 59.2 Å². The average Bonchev–Trinajstić information content (AvgIpc) is 2.22. The molecule has 2 N–H and O–H groups in total. The number of carbonyl (C=O) groups is 1. The monoisotopic (exact) mass is 291 g/mol. The van der Waals surface area contributed by atoms with E-state index in [1.54, 1.807) is 0 Å². The quantitative estimate of drug-likeness (QED) is 0.858. The molecule has 0 saturated carbocycles. The number of hydrogen-bond donors (Lipinski definition) is 1. The Morgan fingerprint density at radius 1 is 1.32 bits per heavy atom. The van der Waals surface area contributed by atoms with Gasteiger partial charge in [-0.25, -0.2) is 0 Å². The second kappa shape index (κ2) is 8.08. The molecule has 2 unspecified atom stereocenters. The average molecular weight is 292 g/mol. The van der Waals surface area contributed by atoms with Crippen LogP contribution in [-0.2, 0) is 4.79 Å². The molecule has 114 valence electrons. The maximum Gasteiger partial charge on any atom is 0.237 e. The molecule has 0 aliphatic carbocycles. The number of nitrogens with two attached hydrogens (primary N) is 1. The molecule has 1 aliphatic heterocycles. The van der Waals surface area contributed by atoms with Gasteiger partial charge in [0.1, 0.15) is 0 Å². The second-order valence-electron chi connectivity index (χ2n) is 6.15. The van der Waals surface area contributed by atoms with Crippen LogP contribution in [0.25, 0.3) is 0 Å². The van der Waals surface area contributed by atoms with E-state index in [1.165, 1.54) is 0 Å². The number of nitrogens with zero attached hydrogens (tertiary/aromatic N) is 2. The fourth-order valence-corrected chi connectivity index (χ4v) is 2.84. The molecule has 0 aromatic heterocycles. The summed E-state index contributed by atoms with van der Waals surface area (Å²) in [4.78, 5) is 16.6. The number of piperidine rings is 1. The number of carbonyl (C=O) groups excluding carboxylic acids is 1. The maximum absolute atomic E-state index is 12.3. The van der Waals surface area contributed by atoms with Crippen LogP contribution in [0.4, 0.5) is 0 Å². The van der Waals surface area contributed by atoms with Crippen molar-refractivity contribution in [3.05, 3.63) is 0 Å². The lowest BCUT2D eigenvalue weighted by atomic mass is 9.95. The molecular formula is C14H30ClN3O. The lowest BCUT2D eigenvalue weighted by Crippen LogP contribution is -2.51. The van der Waals surface area contributed by atoms with E-state index in [0.717, 1.165) is 19.5 Å². The first kappa shape index (κ1) is 18.7. The predicted octanol–water partition coefficient (Wildman–Crippen LogP) is 1.72. The van der Waals surface area contributed by atoms with Crippen LogP contribution in [0.5, 0.6) is 0 Å². The van der Waals surface area contributed by atoms with E-state index in [2.05, 4.69) is 39.5 Å². The highest BCUT2D eigenvalue weighted by Gasteiger charge is 2.27. The summed E-state index contributed by atoms with van der Waals surface area (Å²) in [5, 5.41) is 0. The van der Waals surface area contributed by atoms with Crippen LogP contribution in [0.1, 0.15) is 41.0 Å². The van der Waals surface area contributed by atoms with Crippen molar-refractivity contribution in [2.75, 3.05) is 19.6 Å². The van der Waals surface area contributed by atoms with Crippen molar-refractivity contribution in [3.63, 3.8) is 0 Å². The van der Waals surface area contributed by atoms with Crippen LogP contribution in [0.2, 0.25) is 0 Å². The van der Waals surface area contributed by atoms with Gasteiger partial charge in [-0.05, 0) is 40.0 Å². The van der Waals surface area contributed by atoms with Crippen LogP contribution in [0.15, 0.2) is 0 Å². The van der Waals surface area contributed by atoms with Gasteiger partial charge in [0, 0.05) is 31.2 Å². The lowest BCUT2D eigenvalue weighted by molar-refractivity contribution is -0.136. The smallest absolute Gasteiger partial charge is 0.237 e. The highest BCUT2D eigenvalue weighted by Crippen LogP contribution is 2.15. The molecule has 1 rings (SSSR count). The highest BCUT2D eigenvalue weighted by molar-refractivity contribution is 5.85. The number of halogens is 1. The van der Waals surface area contributed by atoms with E-state index in [4.69, 9.17) is 5.73 Å². The zero-order valence-corrected chi connectivity index (χ0v) is 13.7. The largest absolute Gasteiger partial charge is 0.337 e. The second-order valence-corrected chi connectivity index (χ2v) is 6.15. The van der Waals surface area contributed by atoms with Crippen LogP contribution >= 0.6 is 12.4 Å². The standard InChI is InChI=1S/C14H29N3O.ClH/c1-10(2)17(11(3)4)14(18)9-16-7-6-13(15)12(5)8-16;/h10-13H,6-9,15H2,1-5H3;1H. The SMILES string of the molecule is CC1CN(CC(=O)N(C(C)C)C(C)C)CCC1N.Cl. The lowest BCUT2D eigenvalue weighted by Gasteiger charge is -2.37. The van der Waals surface area contributed by atoms with Crippen molar-refractivity contribution < 1.29 is 4.79 Å². The van der Waals surface area contributed by atoms with Crippen LogP contribution in [0.3, 0.4) is 0 Å². The summed E-state index contributed by atoms with van der Waals surface area (Å²) in [5.74, 6) is 0.723. The molecule has 1 fully saturated rings. The number of amides is 1. The molecule has 2 atom stereocenters. The van der Waals surface area contributed by atoms with Gasteiger partial charge in [-0.3, -0.25) is 9.69 Å². The van der Waals surface area contributed by atoms with Gasteiger partial charge < -0.3 is 10.6 Å². The summed E-state index contributed by atoms with van der Waals surface area (Å²) < 4.78 is 0. The Balaban J connectivity index is 0.00000324. The van der Waals surface area contributed by atoms with Gasteiger partial charge in [-0.2, -0.15) is 0 Å². The Morgan fingerprint density at radius 3 is 2.26 bits per heavy atom. The Bertz CT molecular complexity index is 276. The maximum atomic E-state index is 12.3. The molecule has 0 bridgehead atoms. The third kappa shape index (κ3) is 5.28. The molecule has 4 nitrogen and oxygen atoms in total. The van der Waals surface area contributed by atoms with Crippen molar-refractivity contribution in [3.8, 4) is 0 Å². The number of likely N-dealkylation sites (tertiary alicyclic amines) is 1. The summed E-state index contributed by atoms with van der Waals surface area (Å²) >= 11 is 0. The topological polar surface area (TPSA) is 49.6 Å². The molecule has 1 heterocycles. The van der Waals surface area contributed by atoms with E-state index in [1.807, 2.05) is 4.90 Å². The van der Waals surface area contributed by atoms with E-state index in [0.29, 0.717) is 18.5 Å². The Labute approximate surface area is 124 Å². The zero-order valence-electron chi connectivity index (χ0n) is 12.9. The summed E-state index contributed by atoms with van der Waals surface area (Å²) in [5.41, 5.74) is 6.01. The van der Waals surface area contributed by atoms with Crippen molar-refractivity contribution >= 4 is 18.3 Å². The Morgan fingerprint density at radius 2 is 1.84 bits per heavy atom. The van der Waals surface area contributed by atoms with Gasteiger partial charge in [-0.15, -0.1) is 12.4 Å². The van der Waals surface area contributed by atoms with Gasteiger partial charge in [-0.1, -0.05) is 6.92 Å². The first-order chi connectivity index (χ1) is 8.32. The van der Waals surface area contributed by atoms with Gasteiger partial charge in [0.05, 0.1) is 6.54 Å². The predicted molar refractivity (Wildman–Crippen MR) is 82.6 cm³/mol. The van der Waals surface area contributed by atoms with Crippen LogP contribution in [0, 0.1) is 5.92 Å². The molecule has 0 aromatic carbocycles. The normalized spacial score (nSPS) is 24.4. The summed E-state index contributed by atoms with van der Waals surface area (Å²) in [6.45, 7) is 12.9. The van der Waals surface area contributed by atoms with E-state index >= 15 is 0 Å². The van der Waals surface area contributed by atoms with Gasteiger partial charge >= 0.3 is 0 Å². The zero-order chi connectivity index (χ0) is 13.9. The molecule has 1 aliphatic rings. The molecule has 0 spiro atoms. The first-order valence-corrected chi connectivity index (χ1v) is 7.12. The van der Waals surface area contributed by atoms with E-state index in [9.17, 15) is 4.79 Å². The minimum absolute atomic E-state index is 0. The molecule has 0 aromatic rings. The molecule has 19 heavy (non-hydrogen) atoms. The molecule has 0 radical (unpaired) electrons. The van der Waals surface area contributed by atoms with Crippen LogP contribution < -0.4 is 5.73 Å². The molecular weight excluding hydrogens is 262 g/mol. The Hall–Kier alpha value is -0.320. The number of hydrogen-bond acceptors (Lipinski definition) is 3. The fourth-order valence-electron chi connectivity index (χ4n) is 2.84. The minimum Gasteiger partial charge on any atom is -0.337 e. The van der Waals surface area contributed by atoms with E-state index < -0.39 is 0 Å². The minimum atomic E-state index is 0. The van der Waals surface area contributed by atoms with Gasteiger partial charge in [0.25, 0.3) is 0 Å². The van der Waals surface area contributed by atoms with Crippen LogP contribution in [-0.4, -0.2) is 53.5 Å². The first-order valence-electron chi connectivity index (χ1n) is 7.12. The number of rotatable bonds is 4. The van der Waals surface area contributed by atoms with Gasteiger partial charge in [0.15, 0.2) is 0 Å².